The lowest BCUT2D eigenvalue weighted by Gasteiger charge is -2.06. The van der Waals surface area contributed by atoms with E-state index in [2.05, 4.69) is 38.5 Å². The first kappa shape index (κ1) is 39.7. The first-order valence-corrected chi connectivity index (χ1v) is 14.9. The van der Waals surface area contributed by atoms with E-state index in [9.17, 15) is 0 Å². The van der Waals surface area contributed by atoms with E-state index in [1.807, 2.05) is 0 Å². The molecule has 0 rings (SSSR count). The summed E-state index contributed by atoms with van der Waals surface area (Å²) in [5.74, 6) is 0. The lowest BCUT2D eigenvalue weighted by atomic mass is 10.1. The van der Waals surface area contributed by atoms with Crippen LogP contribution in [0.25, 0.3) is 0 Å². The number of hydrogen-bond acceptors (Lipinski definition) is 4. The van der Waals surface area contributed by atoms with Crippen molar-refractivity contribution in [3.8, 4) is 0 Å². The first-order chi connectivity index (χ1) is 15.8. The minimum absolute atomic E-state index is 1.12. The van der Waals surface area contributed by atoms with Gasteiger partial charge in [0.05, 0.1) is 13.1 Å². The zero-order chi connectivity index (χ0) is 26.1. The maximum Gasteiger partial charge on any atom is 0.0739 e. The lowest BCUT2D eigenvalue weighted by Crippen LogP contribution is -2.50. The van der Waals surface area contributed by atoms with Gasteiger partial charge in [0.2, 0.25) is 0 Å². The monoisotopic (exact) mass is 496 g/mol. The third kappa shape index (κ3) is 72.1. The fourth-order valence-corrected chi connectivity index (χ4v) is 3.33. The quantitative estimate of drug-likeness (QED) is 0.0957. The maximum atomic E-state index is 8.52. The van der Waals surface area contributed by atoms with Gasteiger partial charge in [-0.3, -0.25) is 8.42 Å². The number of hydrogen-bond donors (Lipinski definition) is 2. The lowest BCUT2D eigenvalue weighted by molar-refractivity contribution is -0.368. The molecule has 0 amide bonds. The molecular formula is C26H60N2O4S. The van der Waals surface area contributed by atoms with E-state index in [4.69, 9.17) is 17.5 Å². The second-order valence-corrected chi connectivity index (χ2v) is 9.30. The highest BCUT2D eigenvalue weighted by Gasteiger charge is 1.92. The molecule has 6 nitrogen and oxygen atoms in total. The third-order valence-electron chi connectivity index (χ3n) is 5.21. The van der Waals surface area contributed by atoms with Crippen LogP contribution in [0.15, 0.2) is 13.2 Å². The molecule has 0 aliphatic heterocycles. The Kier molecular flexibility index (Phi) is 46.7. The molecule has 0 fully saturated rings. The Hall–Kier alpha value is -0.470. The van der Waals surface area contributed by atoms with E-state index in [1.54, 1.807) is 0 Å². The van der Waals surface area contributed by atoms with Gasteiger partial charge in [0.25, 0.3) is 0 Å². The van der Waals surface area contributed by atoms with Gasteiger partial charge in [0.1, 0.15) is 0 Å². The molecule has 0 aliphatic rings. The second kappa shape index (κ2) is 38.8. The Balaban J connectivity index is -0.000000199. The molecule has 0 aliphatic carbocycles. The third-order valence-corrected chi connectivity index (χ3v) is 5.21. The van der Waals surface area contributed by atoms with E-state index >= 15 is 0 Å². The highest BCUT2D eigenvalue weighted by Crippen LogP contribution is 2.10. The van der Waals surface area contributed by atoms with Gasteiger partial charge in [-0.2, -0.15) is 0 Å². The predicted molar refractivity (Wildman–Crippen MR) is 141 cm³/mol. The van der Waals surface area contributed by atoms with Crippen molar-refractivity contribution in [1.82, 2.24) is 0 Å². The Morgan fingerprint density at radius 2 is 0.636 bits per heavy atom. The topological polar surface area (TPSA) is 136 Å². The minimum Gasteiger partial charge on any atom is -0.759 e. The van der Waals surface area contributed by atoms with Crippen LogP contribution in [0.3, 0.4) is 0 Å². The van der Waals surface area contributed by atoms with Crippen molar-refractivity contribution in [2.75, 3.05) is 13.1 Å². The summed E-state index contributed by atoms with van der Waals surface area (Å²) in [6.07, 6.45) is 28.5. The van der Waals surface area contributed by atoms with Crippen molar-refractivity contribution in [2.45, 2.75) is 142 Å². The van der Waals surface area contributed by atoms with E-state index in [0.29, 0.717) is 0 Å². The summed E-state index contributed by atoms with van der Waals surface area (Å²) in [7, 11) is -5.17. The van der Waals surface area contributed by atoms with Gasteiger partial charge in [0.15, 0.2) is 0 Å². The fraction of sp³-hybridized carbons (Fsp3) is 0.923. The average molecular weight is 497 g/mol. The van der Waals surface area contributed by atoms with Crippen molar-refractivity contribution < 1.29 is 29.0 Å². The van der Waals surface area contributed by atoms with Crippen LogP contribution < -0.4 is 11.5 Å². The van der Waals surface area contributed by atoms with Crippen molar-refractivity contribution in [3.63, 3.8) is 0 Å². The molecule has 0 heterocycles. The Morgan fingerprint density at radius 1 is 0.485 bits per heavy atom. The highest BCUT2D eigenvalue weighted by molar-refractivity contribution is 7.79. The largest absolute Gasteiger partial charge is 0.759 e. The van der Waals surface area contributed by atoms with Gasteiger partial charge in [-0.25, -0.2) is 0 Å². The molecule has 0 saturated heterocycles. The van der Waals surface area contributed by atoms with Crippen LogP contribution in [0.5, 0.6) is 0 Å². The summed E-state index contributed by atoms with van der Waals surface area (Å²) in [6, 6.07) is 0. The molecule has 0 aromatic rings. The molecule has 0 bridgehead atoms. The standard InChI is InChI=1S/2C12H27N.C2H4.H2O4S/c2*1-2-3-4-5-6-7-8-9-10-11-12-13;1-2;1-5(2,3)4/h2*2-13H2,1H3;1-2H2;(H2,1,2,3,4). The van der Waals surface area contributed by atoms with Crippen LogP contribution >= 0.6 is 0 Å². The minimum atomic E-state index is -5.17. The Bertz CT molecular complexity index is 357. The number of unbranched alkanes of at least 4 members (excludes halogenated alkanes) is 18. The van der Waals surface area contributed by atoms with Crippen molar-refractivity contribution in [2.24, 2.45) is 0 Å². The summed E-state index contributed by atoms with van der Waals surface area (Å²) in [5.41, 5.74) is 7.71. The summed E-state index contributed by atoms with van der Waals surface area (Å²) < 4.78 is 34.1. The second-order valence-electron chi connectivity index (χ2n) is 8.48. The molecule has 33 heavy (non-hydrogen) atoms. The van der Waals surface area contributed by atoms with Gasteiger partial charge in [-0.05, 0) is 25.7 Å². The van der Waals surface area contributed by atoms with E-state index in [1.165, 1.54) is 128 Å². The van der Waals surface area contributed by atoms with Gasteiger partial charge >= 0.3 is 0 Å². The molecule has 7 heteroatoms. The summed E-state index contributed by atoms with van der Waals surface area (Å²) in [4.78, 5) is 0. The molecule has 0 aromatic heterocycles. The van der Waals surface area contributed by atoms with Gasteiger partial charge < -0.3 is 20.6 Å². The zero-order valence-corrected chi connectivity index (χ0v) is 23.2. The molecule has 6 N–H and O–H groups in total. The molecule has 0 aromatic carbocycles. The van der Waals surface area contributed by atoms with Crippen molar-refractivity contribution in [3.05, 3.63) is 13.2 Å². The van der Waals surface area contributed by atoms with E-state index in [-0.39, 0.29) is 0 Å². The van der Waals surface area contributed by atoms with E-state index < -0.39 is 10.4 Å². The van der Waals surface area contributed by atoms with E-state index in [0.717, 1.165) is 13.1 Å². The molecule has 0 atom stereocenters. The summed E-state index contributed by atoms with van der Waals surface area (Å²) >= 11 is 0. The van der Waals surface area contributed by atoms with Crippen LogP contribution in [-0.2, 0) is 10.4 Å². The van der Waals surface area contributed by atoms with Crippen LogP contribution in [-0.4, -0.2) is 30.6 Å². The molecule has 0 unspecified atom stereocenters. The normalized spacial score (nSPS) is 10.2. The van der Waals surface area contributed by atoms with Crippen LogP contribution in [0.4, 0.5) is 0 Å². The van der Waals surface area contributed by atoms with Crippen molar-refractivity contribution in [1.29, 1.82) is 0 Å². The average Bonchev–Trinajstić information content (AvgIpc) is 2.78. The molecule has 0 radical (unpaired) electrons. The van der Waals surface area contributed by atoms with Crippen molar-refractivity contribution >= 4 is 10.4 Å². The van der Waals surface area contributed by atoms with Gasteiger partial charge in [-0.15, -0.1) is 13.2 Å². The molecule has 204 valence electrons. The SMILES string of the molecule is C=C.CCCCCCCCCCCC[NH3+].CCCCCCCCCCCC[NH3+].O=S(=O)([O-])[O-]. The van der Waals surface area contributed by atoms with Crippen LogP contribution in [0.1, 0.15) is 142 Å². The molecule has 0 saturated carbocycles. The van der Waals surface area contributed by atoms with Gasteiger partial charge in [0, 0.05) is 10.4 Å². The number of quaternary nitrogens is 2. The first-order valence-electron chi connectivity index (χ1n) is 13.6. The van der Waals surface area contributed by atoms with Crippen LogP contribution in [0, 0.1) is 0 Å². The van der Waals surface area contributed by atoms with Gasteiger partial charge in [-0.1, -0.05) is 117 Å². The zero-order valence-electron chi connectivity index (χ0n) is 22.4. The van der Waals surface area contributed by atoms with Crippen LogP contribution in [0.2, 0.25) is 0 Å². The smallest absolute Gasteiger partial charge is 0.0739 e. The molecular weight excluding hydrogens is 436 g/mol. The maximum absolute atomic E-state index is 8.52. The Morgan fingerprint density at radius 3 is 0.788 bits per heavy atom. The predicted octanol–water partition coefficient (Wildman–Crippen LogP) is 5.76. The summed E-state index contributed by atoms with van der Waals surface area (Å²) in [5, 5.41) is 0. The fourth-order valence-electron chi connectivity index (χ4n) is 3.33. The molecule has 0 spiro atoms. The number of rotatable bonds is 20. The highest BCUT2D eigenvalue weighted by atomic mass is 32.3. The Labute approximate surface area is 208 Å². The summed E-state index contributed by atoms with van der Waals surface area (Å²) in [6.45, 7) is 12.8.